The maximum atomic E-state index is 12.8. The molecule has 2 rings (SSSR count). The Labute approximate surface area is 139 Å². The van der Waals surface area contributed by atoms with Gasteiger partial charge in [-0.3, -0.25) is 4.79 Å². The minimum absolute atomic E-state index is 0.192. The molecule has 1 aromatic rings. The van der Waals surface area contributed by atoms with Crippen LogP contribution < -0.4 is 5.32 Å². The van der Waals surface area contributed by atoms with Crippen molar-refractivity contribution < 1.29 is 19.1 Å². The van der Waals surface area contributed by atoms with Crippen molar-refractivity contribution in [2.24, 2.45) is 5.92 Å². The van der Waals surface area contributed by atoms with E-state index in [2.05, 4.69) is 5.32 Å². The number of urea groups is 1. The molecule has 0 saturated carbocycles. The maximum Gasteiger partial charge on any atom is 0.317 e. The number of piperidine rings is 1. The number of halogens is 1. The fourth-order valence-electron chi connectivity index (χ4n) is 2.46. The van der Waals surface area contributed by atoms with Gasteiger partial charge in [0.1, 0.15) is 5.82 Å². The second-order valence-electron chi connectivity index (χ2n) is 5.51. The van der Waals surface area contributed by atoms with E-state index in [1.54, 1.807) is 28.8 Å². The number of thioether (sulfide) groups is 1. The van der Waals surface area contributed by atoms with Crippen molar-refractivity contribution in [1.29, 1.82) is 0 Å². The molecule has 1 aliphatic heterocycles. The van der Waals surface area contributed by atoms with Crippen LogP contribution in [0.1, 0.15) is 19.3 Å². The lowest BCUT2D eigenvalue weighted by Gasteiger charge is -2.30. The third-order valence-electron chi connectivity index (χ3n) is 3.74. The molecule has 1 aliphatic rings. The van der Waals surface area contributed by atoms with Crippen LogP contribution >= 0.6 is 11.8 Å². The number of hydrogen-bond donors (Lipinski definition) is 2. The van der Waals surface area contributed by atoms with Crippen molar-refractivity contribution >= 4 is 23.8 Å². The summed E-state index contributed by atoms with van der Waals surface area (Å²) < 4.78 is 12.8. The molecule has 1 unspecified atom stereocenters. The number of benzene rings is 1. The van der Waals surface area contributed by atoms with Crippen LogP contribution in [-0.2, 0) is 4.79 Å². The first-order chi connectivity index (χ1) is 11.1. The van der Waals surface area contributed by atoms with E-state index in [-0.39, 0.29) is 18.4 Å². The monoisotopic (exact) mass is 340 g/mol. The first-order valence-electron chi connectivity index (χ1n) is 7.70. The van der Waals surface area contributed by atoms with Gasteiger partial charge in [-0.25, -0.2) is 9.18 Å². The lowest BCUT2D eigenvalue weighted by Crippen LogP contribution is -2.47. The molecule has 0 spiro atoms. The van der Waals surface area contributed by atoms with Crippen LogP contribution in [-0.4, -0.2) is 47.4 Å². The van der Waals surface area contributed by atoms with E-state index < -0.39 is 11.9 Å². The zero-order chi connectivity index (χ0) is 16.7. The molecule has 1 heterocycles. The summed E-state index contributed by atoms with van der Waals surface area (Å²) in [5, 5.41) is 11.9. The summed E-state index contributed by atoms with van der Waals surface area (Å²) >= 11 is 1.61. The lowest BCUT2D eigenvalue weighted by atomic mass is 9.99. The van der Waals surface area contributed by atoms with Crippen molar-refractivity contribution in [3.8, 4) is 0 Å². The third-order valence-corrected chi connectivity index (χ3v) is 4.84. The predicted octanol–water partition coefficient (Wildman–Crippen LogP) is 2.81. The molecule has 0 radical (unpaired) electrons. The highest BCUT2D eigenvalue weighted by molar-refractivity contribution is 7.99. The second-order valence-corrected chi connectivity index (χ2v) is 6.68. The molecule has 126 valence electrons. The lowest BCUT2D eigenvalue weighted by molar-refractivity contribution is -0.143. The largest absolute Gasteiger partial charge is 0.481 e. The zero-order valence-corrected chi connectivity index (χ0v) is 13.7. The van der Waals surface area contributed by atoms with Crippen molar-refractivity contribution in [2.75, 3.05) is 25.4 Å². The summed E-state index contributed by atoms with van der Waals surface area (Å²) in [5.74, 6) is -0.714. The number of carboxylic acids is 1. The molecule has 0 aliphatic carbocycles. The summed E-state index contributed by atoms with van der Waals surface area (Å²) in [6.45, 7) is 1.44. The molecular formula is C16H21FN2O3S. The fraction of sp³-hybridized carbons (Fsp3) is 0.500. The van der Waals surface area contributed by atoms with E-state index in [0.717, 1.165) is 23.5 Å². The highest BCUT2D eigenvalue weighted by Gasteiger charge is 2.27. The minimum Gasteiger partial charge on any atom is -0.481 e. The number of nitrogens with zero attached hydrogens (tertiary/aromatic N) is 1. The molecule has 0 bridgehead atoms. The molecule has 23 heavy (non-hydrogen) atoms. The van der Waals surface area contributed by atoms with Crippen LogP contribution in [0.5, 0.6) is 0 Å². The van der Waals surface area contributed by atoms with Gasteiger partial charge in [0.05, 0.1) is 5.92 Å². The van der Waals surface area contributed by atoms with Gasteiger partial charge in [0.25, 0.3) is 0 Å². The molecule has 2 N–H and O–H groups in total. The Balaban J connectivity index is 1.62. The van der Waals surface area contributed by atoms with Crippen LogP contribution in [0.25, 0.3) is 0 Å². The number of likely N-dealkylation sites (tertiary alicyclic amines) is 1. The van der Waals surface area contributed by atoms with Crippen molar-refractivity contribution in [2.45, 2.75) is 24.2 Å². The van der Waals surface area contributed by atoms with E-state index in [0.29, 0.717) is 19.5 Å². The van der Waals surface area contributed by atoms with Gasteiger partial charge in [0.15, 0.2) is 0 Å². The summed E-state index contributed by atoms with van der Waals surface area (Å²) in [5.41, 5.74) is 0. The molecule has 1 fully saturated rings. The van der Waals surface area contributed by atoms with Gasteiger partial charge in [0, 0.05) is 24.5 Å². The number of hydrogen-bond acceptors (Lipinski definition) is 3. The van der Waals surface area contributed by atoms with E-state index in [1.807, 2.05) is 0 Å². The molecule has 2 amide bonds. The van der Waals surface area contributed by atoms with Crippen molar-refractivity contribution in [3.05, 3.63) is 30.1 Å². The van der Waals surface area contributed by atoms with Gasteiger partial charge in [-0.2, -0.15) is 0 Å². The number of aliphatic carboxylic acids is 1. The molecule has 7 heteroatoms. The molecule has 0 aromatic heterocycles. The Morgan fingerprint density at radius 3 is 2.78 bits per heavy atom. The first kappa shape index (κ1) is 17.6. The predicted molar refractivity (Wildman–Crippen MR) is 87.1 cm³/mol. The number of amides is 2. The summed E-state index contributed by atoms with van der Waals surface area (Å²) in [6, 6.07) is 6.14. The van der Waals surface area contributed by atoms with Gasteiger partial charge < -0.3 is 15.3 Å². The number of carbonyl (C=O) groups excluding carboxylic acids is 1. The minimum atomic E-state index is -0.835. The number of carbonyl (C=O) groups is 2. The van der Waals surface area contributed by atoms with Crippen molar-refractivity contribution in [3.63, 3.8) is 0 Å². The topological polar surface area (TPSA) is 69.6 Å². The molecule has 1 atom stereocenters. The molecule has 5 nitrogen and oxygen atoms in total. The highest BCUT2D eigenvalue weighted by Crippen LogP contribution is 2.19. The van der Waals surface area contributed by atoms with Crippen LogP contribution in [0.3, 0.4) is 0 Å². The van der Waals surface area contributed by atoms with E-state index in [4.69, 9.17) is 5.11 Å². The van der Waals surface area contributed by atoms with Crippen LogP contribution in [0.2, 0.25) is 0 Å². The summed E-state index contributed by atoms with van der Waals surface area (Å²) in [7, 11) is 0. The smallest absolute Gasteiger partial charge is 0.317 e. The fourth-order valence-corrected chi connectivity index (χ4v) is 3.32. The van der Waals surface area contributed by atoms with Crippen LogP contribution in [0.4, 0.5) is 9.18 Å². The van der Waals surface area contributed by atoms with Gasteiger partial charge in [-0.15, -0.1) is 11.8 Å². The Hall–Kier alpha value is -1.76. The van der Waals surface area contributed by atoms with Crippen LogP contribution in [0, 0.1) is 11.7 Å². The Morgan fingerprint density at radius 2 is 2.09 bits per heavy atom. The Bertz CT molecular complexity index is 539. The van der Waals surface area contributed by atoms with Gasteiger partial charge >= 0.3 is 12.0 Å². The standard InChI is InChI=1S/C16H21FN2O3S/c17-13-4-6-14(7-5-13)23-10-2-8-18-16(22)19-9-1-3-12(11-19)15(20)21/h4-7,12H,1-3,8-11H2,(H,18,22)(H,20,21). The van der Waals surface area contributed by atoms with Crippen molar-refractivity contribution in [1.82, 2.24) is 10.2 Å². The average molecular weight is 340 g/mol. The first-order valence-corrected chi connectivity index (χ1v) is 8.69. The SMILES string of the molecule is O=C(O)C1CCCN(C(=O)NCCCSc2ccc(F)cc2)C1. The van der Waals surface area contributed by atoms with Gasteiger partial charge in [-0.05, 0) is 49.3 Å². The highest BCUT2D eigenvalue weighted by atomic mass is 32.2. The van der Waals surface area contributed by atoms with Gasteiger partial charge in [0.2, 0.25) is 0 Å². The van der Waals surface area contributed by atoms with Crippen LogP contribution in [0.15, 0.2) is 29.2 Å². The van der Waals surface area contributed by atoms with Gasteiger partial charge in [-0.1, -0.05) is 0 Å². The third kappa shape index (κ3) is 5.74. The Kier molecular flexibility index (Phi) is 6.70. The number of nitrogens with one attached hydrogen (secondary N) is 1. The zero-order valence-electron chi connectivity index (χ0n) is 12.8. The summed E-state index contributed by atoms with van der Waals surface area (Å²) in [4.78, 5) is 25.6. The molecule has 1 aromatic carbocycles. The maximum absolute atomic E-state index is 12.8. The quantitative estimate of drug-likeness (QED) is 0.617. The average Bonchev–Trinajstić information content (AvgIpc) is 2.56. The second kappa shape index (κ2) is 8.76. The van der Waals surface area contributed by atoms with E-state index >= 15 is 0 Å². The molecule has 1 saturated heterocycles. The van der Waals surface area contributed by atoms with E-state index in [9.17, 15) is 14.0 Å². The number of carboxylic acid groups (broad SMARTS) is 1. The Morgan fingerprint density at radius 1 is 1.35 bits per heavy atom. The normalized spacial score (nSPS) is 17.8. The molecular weight excluding hydrogens is 319 g/mol. The number of rotatable bonds is 6. The summed E-state index contributed by atoms with van der Waals surface area (Å²) in [6.07, 6.45) is 2.15. The van der Waals surface area contributed by atoms with E-state index in [1.165, 1.54) is 12.1 Å².